The van der Waals surface area contributed by atoms with Crippen molar-refractivity contribution < 1.29 is 0 Å². The summed E-state index contributed by atoms with van der Waals surface area (Å²) in [6.07, 6.45) is 0. The average Bonchev–Trinajstić information content (AvgIpc) is 2.92. The van der Waals surface area contributed by atoms with Gasteiger partial charge in [-0.3, -0.25) is 0 Å². The highest BCUT2D eigenvalue weighted by Gasteiger charge is 2.07. The molecule has 1 heteroatoms. The van der Waals surface area contributed by atoms with Crippen LogP contribution >= 0.6 is 0 Å². The first kappa shape index (κ1) is 11.3. The van der Waals surface area contributed by atoms with Gasteiger partial charge in [0.05, 0.1) is 0 Å². The Morgan fingerprint density at radius 2 is 1.55 bits per heavy atom. The molecule has 0 amide bonds. The first-order valence-corrected chi connectivity index (χ1v) is 6.89. The van der Waals surface area contributed by atoms with E-state index in [1.165, 1.54) is 38.5 Å². The Kier molecular flexibility index (Phi) is 2.40. The molecule has 1 nitrogen and oxygen atoms in total. The van der Waals surface area contributed by atoms with Gasteiger partial charge in [-0.05, 0) is 35.4 Å². The molecule has 3 aromatic carbocycles. The van der Waals surface area contributed by atoms with Crippen LogP contribution in [-0.4, -0.2) is 4.98 Å². The van der Waals surface area contributed by atoms with E-state index in [2.05, 4.69) is 78.6 Å². The second kappa shape index (κ2) is 4.24. The lowest BCUT2D eigenvalue weighted by atomic mass is 10.0. The zero-order chi connectivity index (χ0) is 13.5. The summed E-state index contributed by atoms with van der Waals surface area (Å²) in [5, 5.41) is 3.87. The van der Waals surface area contributed by atoms with Gasteiger partial charge in [-0.15, -0.1) is 0 Å². The summed E-state index contributed by atoms with van der Waals surface area (Å²) in [4.78, 5) is 3.54. The lowest BCUT2D eigenvalue weighted by Crippen LogP contribution is -1.80. The van der Waals surface area contributed by atoms with Crippen LogP contribution < -0.4 is 0 Å². The maximum Gasteiger partial charge on any atom is 0.0471 e. The smallest absolute Gasteiger partial charge is 0.0471 e. The first-order valence-electron chi connectivity index (χ1n) is 6.89. The molecule has 20 heavy (non-hydrogen) atoms. The van der Waals surface area contributed by atoms with E-state index in [0.29, 0.717) is 0 Å². The van der Waals surface area contributed by atoms with Gasteiger partial charge < -0.3 is 4.98 Å². The molecule has 4 aromatic rings. The summed E-state index contributed by atoms with van der Waals surface area (Å²) in [7, 11) is 0. The van der Waals surface area contributed by atoms with Crippen molar-refractivity contribution in [2.75, 3.05) is 0 Å². The van der Waals surface area contributed by atoms with E-state index in [0.717, 1.165) is 0 Å². The molecule has 4 rings (SSSR count). The number of fused-ring (bicyclic) bond motifs is 2. The first-order chi connectivity index (χ1) is 9.83. The van der Waals surface area contributed by atoms with Crippen molar-refractivity contribution in [3.8, 4) is 11.3 Å². The average molecular weight is 257 g/mol. The molecule has 0 radical (unpaired) electrons. The van der Waals surface area contributed by atoms with Crippen molar-refractivity contribution >= 4 is 21.7 Å². The van der Waals surface area contributed by atoms with Gasteiger partial charge in [0.2, 0.25) is 0 Å². The Labute approximate surface area is 117 Å². The molecule has 0 bridgehead atoms. The van der Waals surface area contributed by atoms with Gasteiger partial charge in [-0.2, -0.15) is 0 Å². The molecule has 0 aliphatic heterocycles. The predicted octanol–water partition coefficient (Wildman–Crippen LogP) is 5.30. The van der Waals surface area contributed by atoms with E-state index in [4.69, 9.17) is 0 Å². The molecule has 0 aliphatic carbocycles. The molecule has 0 fully saturated rings. The maximum atomic E-state index is 3.54. The SMILES string of the molecule is Cc1cccc2[nH]c(-c3cccc4ccccc34)cc12. The highest BCUT2D eigenvalue weighted by atomic mass is 14.7. The Hall–Kier alpha value is -2.54. The molecule has 0 saturated carbocycles. The quantitative estimate of drug-likeness (QED) is 0.476. The van der Waals surface area contributed by atoms with E-state index >= 15 is 0 Å². The third-order valence-corrected chi connectivity index (χ3v) is 3.96. The summed E-state index contributed by atoms with van der Waals surface area (Å²) in [6, 6.07) is 23.6. The van der Waals surface area contributed by atoms with E-state index in [1.54, 1.807) is 0 Å². The second-order valence-electron chi connectivity index (χ2n) is 5.25. The fourth-order valence-corrected chi connectivity index (χ4v) is 2.91. The number of rotatable bonds is 1. The zero-order valence-corrected chi connectivity index (χ0v) is 11.4. The van der Waals surface area contributed by atoms with Gasteiger partial charge in [0, 0.05) is 22.2 Å². The number of hydrogen-bond acceptors (Lipinski definition) is 0. The van der Waals surface area contributed by atoms with Gasteiger partial charge in [0.25, 0.3) is 0 Å². The third kappa shape index (κ3) is 1.64. The van der Waals surface area contributed by atoms with Crippen LogP contribution in [-0.2, 0) is 0 Å². The fraction of sp³-hybridized carbons (Fsp3) is 0.0526. The van der Waals surface area contributed by atoms with Crippen molar-refractivity contribution in [3.63, 3.8) is 0 Å². The number of aryl methyl sites for hydroxylation is 1. The van der Waals surface area contributed by atoms with E-state index < -0.39 is 0 Å². The summed E-state index contributed by atoms with van der Waals surface area (Å²) in [5.74, 6) is 0. The second-order valence-corrected chi connectivity index (χ2v) is 5.25. The van der Waals surface area contributed by atoms with Crippen LogP contribution in [0.15, 0.2) is 66.7 Å². The monoisotopic (exact) mass is 257 g/mol. The van der Waals surface area contributed by atoms with Crippen molar-refractivity contribution in [2.24, 2.45) is 0 Å². The van der Waals surface area contributed by atoms with Gasteiger partial charge >= 0.3 is 0 Å². The molecule has 0 spiro atoms. The van der Waals surface area contributed by atoms with Crippen LogP contribution in [0.2, 0.25) is 0 Å². The molecule has 0 aliphatic rings. The molecular formula is C19H15N. The summed E-state index contributed by atoms with van der Waals surface area (Å²) in [5.41, 5.74) is 4.96. The Balaban J connectivity index is 2.04. The van der Waals surface area contributed by atoms with Gasteiger partial charge in [-0.1, -0.05) is 54.6 Å². The van der Waals surface area contributed by atoms with Crippen molar-refractivity contribution in [2.45, 2.75) is 6.92 Å². The van der Waals surface area contributed by atoms with Gasteiger partial charge in [0.1, 0.15) is 0 Å². The number of benzene rings is 3. The normalized spacial score (nSPS) is 11.2. The fourth-order valence-electron chi connectivity index (χ4n) is 2.91. The molecule has 1 N–H and O–H groups in total. The largest absolute Gasteiger partial charge is 0.355 e. The number of nitrogens with one attached hydrogen (secondary N) is 1. The van der Waals surface area contributed by atoms with Crippen LogP contribution in [0.5, 0.6) is 0 Å². The van der Waals surface area contributed by atoms with Crippen LogP contribution in [0.4, 0.5) is 0 Å². The topological polar surface area (TPSA) is 15.8 Å². The van der Waals surface area contributed by atoms with E-state index in [1.807, 2.05) is 0 Å². The lowest BCUT2D eigenvalue weighted by Gasteiger charge is -2.04. The molecule has 1 aromatic heterocycles. The molecular weight excluding hydrogens is 242 g/mol. The third-order valence-electron chi connectivity index (χ3n) is 3.96. The van der Waals surface area contributed by atoms with E-state index in [-0.39, 0.29) is 0 Å². The van der Waals surface area contributed by atoms with E-state index in [9.17, 15) is 0 Å². The minimum atomic E-state index is 1.19. The Morgan fingerprint density at radius 3 is 2.45 bits per heavy atom. The van der Waals surface area contributed by atoms with Crippen molar-refractivity contribution in [1.82, 2.24) is 4.98 Å². The maximum absolute atomic E-state index is 3.54. The standard InChI is InChI=1S/C19H15N/c1-13-6-4-11-18-17(13)12-19(20-18)16-10-5-8-14-7-2-3-9-15(14)16/h2-12,20H,1H3. The number of aromatic nitrogens is 1. The Bertz CT molecular complexity index is 910. The predicted molar refractivity (Wildman–Crippen MR) is 86.0 cm³/mol. The van der Waals surface area contributed by atoms with Crippen molar-refractivity contribution in [1.29, 1.82) is 0 Å². The molecule has 0 atom stereocenters. The zero-order valence-electron chi connectivity index (χ0n) is 11.4. The number of H-pyrrole nitrogens is 1. The highest BCUT2D eigenvalue weighted by Crippen LogP contribution is 2.31. The summed E-state index contributed by atoms with van der Waals surface area (Å²) in [6.45, 7) is 2.16. The lowest BCUT2D eigenvalue weighted by molar-refractivity contribution is 1.46. The number of hydrogen-bond donors (Lipinski definition) is 1. The molecule has 96 valence electrons. The molecule has 1 heterocycles. The Morgan fingerprint density at radius 1 is 0.750 bits per heavy atom. The molecule has 0 saturated heterocycles. The summed E-state index contributed by atoms with van der Waals surface area (Å²) >= 11 is 0. The summed E-state index contributed by atoms with van der Waals surface area (Å²) < 4.78 is 0. The molecule has 0 unspecified atom stereocenters. The van der Waals surface area contributed by atoms with Gasteiger partial charge in [-0.25, -0.2) is 0 Å². The van der Waals surface area contributed by atoms with Crippen LogP contribution in [0.1, 0.15) is 5.56 Å². The number of aromatic amines is 1. The van der Waals surface area contributed by atoms with Gasteiger partial charge in [0.15, 0.2) is 0 Å². The van der Waals surface area contributed by atoms with Crippen LogP contribution in [0, 0.1) is 6.92 Å². The minimum absolute atomic E-state index is 1.19. The highest BCUT2D eigenvalue weighted by molar-refractivity contribution is 5.99. The van der Waals surface area contributed by atoms with Crippen molar-refractivity contribution in [3.05, 3.63) is 72.3 Å². The minimum Gasteiger partial charge on any atom is -0.355 e. The van der Waals surface area contributed by atoms with Crippen LogP contribution in [0.25, 0.3) is 32.9 Å². The van der Waals surface area contributed by atoms with Crippen LogP contribution in [0.3, 0.4) is 0 Å².